The van der Waals surface area contributed by atoms with Crippen LogP contribution in [0.3, 0.4) is 0 Å². The SMILES string of the molecule is CCOC(=O)COc1ccc(CCN[C@@H](C)[C@@H](O)c2ccc(O)cc2)cc1C(N)=O. The number of aliphatic hydroxyl groups excluding tert-OH is 1. The van der Waals surface area contributed by atoms with Crippen molar-refractivity contribution in [3.63, 3.8) is 0 Å². The van der Waals surface area contributed by atoms with Crippen molar-refractivity contribution in [1.82, 2.24) is 5.32 Å². The number of rotatable bonds is 11. The number of amides is 1. The van der Waals surface area contributed by atoms with Crippen LogP contribution in [0.25, 0.3) is 0 Å². The van der Waals surface area contributed by atoms with Crippen LogP contribution in [0.1, 0.15) is 41.4 Å². The van der Waals surface area contributed by atoms with E-state index in [1.807, 2.05) is 6.92 Å². The van der Waals surface area contributed by atoms with E-state index >= 15 is 0 Å². The lowest BCUT2D eigenvalue weighted by atomic mass is 10.0. The van der Waals surface area contributed by atoms with Crippen molar-refractivity contribution < 1.29 is 29.3 Å². The molecule has 0 saturated heterocycles. The molecule has 30 heavy (non-hydrogen) atoms. The number of hydrogen-bond acceptors (Lipinski definition) is 7. The van der Waals surface area contributed by atoms with E-state index in [2.05, 4.69) is 5.32 Å². The summed E-state index contributed by atoms with van der Waals surface area (Å²) in [6.45, 7) is 4.05. The third kappa shape index (κ3) is 6.75. The van der Waals surface area contributed by atoms with Crippen LogP contribution in [-0.2, 0) is 16.0 Å². The van der Waals surface area contributed by atoms with Gasteiger partial charge in [0.2, 0.25) is 0 Å². The second-order valence-corrected chi connectivity index (χ2v) is 6.82. The molecule has 0 saturated carbocycles. The average molecular weight is 416 g/mol. The van der Waals surface area contributed by atoms with Gasteiger partial charge < -0.3 is 30.7 Å². The maximum Gasteiger partial charge on any atom is 0.344 e. The standard InChI is InChI=1S/C22H28N2O6/c1-3-29-20(26)13-30-19-9-4-15(12-18(19)22(23)28)10-11-24-14(2)21(27)16-5-7-17(25)8-6-16/h4-9,12,14,21,24-25,27H,3,10-11,13H2,1-2H3,(H2,23,28)/t14-,21+/m0/s1. The van der Waals surface area contributed by atoms with Gasteiger partial charge in [0.25, 0.3) is 5.91 Å². The number of phenolic OH excluding ortho intramolecular Hbond substituents is 1. The number of nitrogens with two attached hydrogens (primary N) is 1. The van der Waals surface area contributed by atoms with Gasteiger partial charge in [-0.25, -0.2) is 4.79 Å². The normalized spacial score (nSPS) is 12.8. The fourth-order valence-corrected chi connectivity index (χ4v) is 2.91. The number of phenols is 1. The summed E-state index contributed by atoms with van der Waals surface area (Å²) in [6.07, 6.45) is -0.143. The number of carbonyl (C=O) groups excluding carboxylic acids is 2. The molecule has 5 N–H and O–H groups in total. The molecule has 0 unspecified atom stereocenters. The Morgan fingerprint density at radius 2 is 1.87 bits per heavy atom. The first-order chi connectivity index (χ1) is 14.3. The van der Waals surface area contributed by atoms with Crippen LogP contribution >= 0.6 is 0 Å². The molecule has 162 valence electrons. The van der Waals surface area contributed by atoms with Crippen molar-refractivity contribution in [3.8, 4) is 11.5 Å². The van der Waals surface area contributed by atoms with Crippen LogP contribution in [-0.4, -0.2) is 47.9 Å². The molecule has 0 bridgehead atoms. The Morgan fingerprint density at radius 1 is 1.17 bits per heavy atom. The molecule has 0 spiro atoms. The van der Waals surface area contributed by atoms with Crippen molar-refractivity contribution in [2.75, 3.05) is 19.8 Å². The molecule has 0 radical (unpaired) electrons. The summed E-state index contributed by atoms with van der Waals surface area (Å²) >= 11 is 0. The van der Waals surface area contributed by atoms with Gasteiger partial charge in [-0.2, -0.15) is 0 Å². The maximum atomic E-state index is 11.8. The Hall–Kier alpha value is -3.10. The third-order valence-corrected chi connectivity index (χ3v) is 4.55. The van der Waals surface area contributed by atoms with Gasteiger partial charge in [0.05, 0.1) is 18.3 Å². The fraction of sp³-hybridized carbons (Fsp3) is 0.364. The molecule has 2 atom stereocenters. The van der Waals surface area contributed by atoms with Crippen molar-refractivity contribution in [3.05, 3.63) is 59.2 Å². The number of ether oxygens (including phenoxy) is 2. The monoisotopic (exact) mass is 416 g/mol. The summed E-state index contributed by atoms with van der Waals surface area (Å²) in [5, 5.41) is 23.0. The largest absolute Gasteiger partial charge is 0.508 e. The van der Waals surface area contributed by atoms with Crippen molar-refractivity contribution in [2.24, 2.45) is 5.73 Å². The van der Waals surface area contributed by atoms with E-state index in [-0.39, 0.29) is 36.3 Å². The molecule has 0 aliphatic heterocycles. The average Bonchev–Trinajstić information content (AvgIpc) is 2.72. The zero-order valence-corrected chi connectivity index (χ0v) is 17.1. The molecule has 0 fully saturated rings. The molecule has 2 aromatic rings. The van der Waals surface area contributed by atoms with E-state index in [0.717, 1.165) is 5.56 Å². The molecule has 8 heteroatoms. The number of aliphatic hydroxyl groups is 1. The lowest BCUT2D eigenvalue weighted by Crippen LogP contribution is -2.33. The Labute approximate surface area is 175 Å². The lowest BCUT2D eigenvalue weighted by Gasteiger charge is -2.21. The second kappa shape index (κ2) is 11.2. The predicted molar refractivity (Wildman–Crippen MR) is 111 cm³/mol. The number of carbonyl (C=O) groups is 2. The van der Waals surface area contributed by atoms with Gasteiger partial charge in [0.1, 0.15) is 11.5 Å². The molecule has 8 nitrogen and oxygen atoms in total. The van der Waals surface area contributed by atoms with Crippen LogP contribution in [0.5, 0.6) is 11.5 Å². The Bertz CT molecular complexity index is 853. The Balaban J connectivity index is 1.93. The van der Waals surface area contributed by atoms with Crippen molar-refractivity contribution >= 4 is 11.9 Å². The summed E-state index contributed by atoms with van der Waals surface area (Å²) in [7, 11) is 0. The molecule has 0 aliphatic carbocycles. The van der Waals surface area contributed by atoms with Crippen molar-refractivity contribution in [1.29, 1.82) is 0 Å². The number of primary amides is 1. The third-order valence-electron chi connectivity index (χ3n) is 4.55. The van der Waals surface area contributed by atoms with E-state index < -0.39 is 18.0 Å². The van der Waals surface area contributed by atoms with E-state index in [1.54, 1.807) is 37.3 Å². The number of hydrogen-bond donors (Lipinski definition) is 4. The minimum atomic E-state index is -0.731. The van der Waals surface area contributed by atoms with Crippen LogP contribution < -0.4 is 15.8 Å². The van der Waals surface area contributed by atoms with Gasteiger partial charge in [-0.1, -0.05) is 18.2 Å². The summed E-state index contributed by atoms with van der Waals surface area (Å²) < 4.78 is 10.2. The Morgan fingerprint density at radius 3 is 2.50 bits per heavy atom. The molecule has 1 amide bonds. The van der Waals surface area contributed by atoms with Crippen LogP contribution in [0.15, 0.2) is 42.5 Å². The zero-order valence-electron chi connectivity index (χ0n) is 17.1. The quantitative estimate of drug-likeness (QED) is 0.410. The minimum absolute atomic E-state index is 0.145. The van der Waals surface area contributed by atoms with Gasteiger partial charge in [-0.15, -0.1) is 0 Å². The number of aromatic hydroxyl groups is 1. The molecular weight excluding hydrogens is 388 g/mol. The Kier molecular flexibility index (Phi) is 8.64. The van der Waals surface area contributed by atoms with Gasteiger partial charge in [0, 0.05) is 6.04 Å². The van der Waals surface area contributed by atoms with Crippen molar-refractivity contribution in [2.45, 2.75) is 32.4 Å². The number of esters is 1. The van der Waals surface area contributed by atoms with Gasteiger partial charge in [0.15, 0.2) is 6.61 Å². The van der Waals surface area contributed by atoms with E-state index in [9.17, 15) is 19.8 Å². The van der Waals surface area contributed by atoms with Crippen LogP contribution in [0, 0.1) is 0 Å². The number of benzene rings is 2. The molecule has 0 aromatic heterocycles. The fourth-order valence-electron chi connectivity index (χ4n) is 2.91. The zero-order chi connectivity index (χ0) is 22.1. The van der Waals surface area contributed by atoms with E-state index in [4.69, 9.17) is 15.2 Å². The van der Waals surface area contributed by atoms with E-state index in [1.165, 1.54) is 12.1 Å². The summed E-state index contributed by atoms with van der Waals surface area (Å²) in [5.41, 5.74) is 7.18. The minimum Gasteiger partial charge on any atom is -0.508 e. The first kappa shape index (κ1) is 23.2. The molecule has 2 rings (SSSR count). The highest BCUT2D eigenvalue weighted by Gasteiger charge is 2.16. The van der Waals surface area contributed by atoms with Crippen LogP contribution in [0.2, 0.25) is 0 Å². The topological polar surface area (TPSA) is 131 Å². The highest BCUT2D eigenvalue weighted by molar-refractivity contribution is 5.96. The summed E-state index contributed by atoms with van der Waals surface area (Å²) in [5.74, 6) is -0.808. The highest BCUT2D eigenvalue weighted by atomic mass is 16.6. The predicted octanol–water partition coefficient (Wildman–Crippen LogP) is 1.69. The molecular formula is C22H28N2O6. The molecule has 0 aliphatic rings. The molecule has 2 aromatic carbocycles. The van der Waals surface area contributed by atoms with E-state index in [0.29, 0.717) is 18.5 Å². The van der Waals surface area contributed by atoms with Crippen LogP contribution in [0.4, 0.5) is 0 Å². The second-order valence-electron chi connectivity index (χ2n) is 6.82. The lowest BCUT2D eigenvalue weighted by molar-refractivity contribution is -0.145. The van der Waals surface area contributed by atoms with Gasteiger partial charge in [-0.3, -0.25) is 4.79 Å². The smallest absolute Gasteiger partial charge is 0.344 e. The molecule has 0 heterocycles. The van der Waals surface area contributed by atoms with Gasteiger partial charge in [-0.05, 0) is 62.2 Å². The number of nitrogens with one attached hydrogen (secondary N) is 1. The van der Waals surface area contributed by atoms with Gasteiger partial charge >= 0.3 is 5.97 Å². The summed E-state index contributed by atoms with van der Waals surface area (Å²) in [6, 6.07) is 11.2. The highest BCUT2D eigenvalue weighted by Crippen LogP contribution is 2.21. The first-order valence-electron chi connectivity index (χ1n) is 9.73. The summed E-state index contributed by atoms with van der Waals surface area (Å²) in [4.78, 5) is 23.2. The maximum absolute atomic E-state index is 11.8. The first-order valence-corrected chi connectivity index (χ1v) is 9.73.